The summed E-state index contributed by atoms with van der Waals surface area (Å²) in [4.78, 5) is 16.8. The van der Waals surface area contributed by atoms with Crippen LogP contribution in [0, 0.1) is 12.7 Å². The highest BCUT2D eigenvalue weighted by Crippen LogP contribution is 2.31. The van der Waals surface area contributed by atoms with Crippen LogP contribution in [0.15, 0.2) is 59.4 Å². The van der Waals surface area contributed by atoms with Crippen LogP contribution in [0.3, 0.4) is 0 Å². The highest BCUT2D eigenvalue weighted by Gasteiger charge is 2.19. The van der Waals surface area contributed by atoms with Gasteiger partial charge < -0.3 is 0 Å². The van der Waals surface area contributed by atoms with Crippen LogP contribution in [-0.4, -0.2) is 22.4 Å². The summed E-state index contributed by atoms with van der Waals surface area (Å²) in [6, 6.07) is 5.30. The largest absolute Gasteiger partial charge is 0.282 e. The Morgan fingerprint density at radius 2 is 2.04 bits per heavy atom. The molecular formula is C22H25FN4. The van der Waals surface area contributed by atoms with Crippen molar-refractivity contribution in [3.05, 3.63) is 77.8 Å². The van der Waals surface area contributed by atoms with Crippen molar-refractivity contribution in [1.82, 2.24) is 9.97 Å². The normalized spacial score (nSPS) is 12.9. The highest BCUT2D eigenvalue weighted by molar-refractivity contribution is 5.95. The molecule has 1 unspecified atom stereocenters. The van der Waals surface area contributed by atoms with Crippen LogP contribution in [0.4, 0.5) is 4.39 Å². The van der Waals surface area contributed by atoms with Gasteiger partial charge in [-0.3, -0.25) is 9.98 Å². The summed E-state index contributed by atoms with van der Waals surface area (Å²) >= 11 is 0. The summed E-state index contributed by atoms with van der Waals surface area (Å²) < 4.78 is 14.7. The van der Waals surface area contributed by atoms with Crippen molar-refractivity contribution in [2.75, 3.05) is 0 Å². The Labute approximate surface area is 160 Å². The molecule has 1 heterocycles. The molecule has 1 aromatic heterocycles. The maximum atomic E-state index is 14.7. The highest BCUT2D eigenvalue weighted by atomic mass is 19.1. The van der Waals surface area contributed by atoms with Crippen LogP contribution in [0.2, 0.25) is 0 Å². The average molecular weight is 364 g/mol. The molecule has 1 aromatic carbocycles. The van der Waals surface area contributed by atoms with Crippen molar-refractivity contribution >= 4 is 18.5 Å². The summed E-state index contributed by atoms with van der Waals surface area (Å²) in [5.74, 6) is 0.410. The minimum atomic E-state index is -0.201. The Morgan fingerprint density at radius 1 is 1.30 bits per heavy atom. The summed E-state index contributed by atoms with van der Waals surface area (Å²) in [6.07, 6.45) is 9.84. The van der Waals surface area contributed by atoms with E-state index in [2.05, 4.69) is 33.2 Å². The summed E-state index contributed by atoms with van der Waals surface area (Å²) in [5, 5.41) is 0. The van der Waals surface area contributed by atoms with E-state index in [-0.39, 0.29) is 11.7 Å². The lowest BCUT2D eigenvalue weighted by atomic mass is 9.86. The Bertz CT molecular complexity index is 841. The van der Waals surface area contributed by atoms with Gasteiger partial charge in [0.1, 0.15) is 11.6 Å². The lowest BCUT2D eigenvalue weighted by Crippen LogP contribution is -2.10. The molecule has 0 aliphatic heterocycles. The predicted molar refractivity (Wildman–Crippen MR) is 111 cm³/mol. The third kappa shape index (κ3) is 5.78. The Balaban J connectivity index is 2.33. The first-order valence-electron chi connectivity index (χ1n) is 8.93. The van der Waals surface area contributed by atoms with Crippen molar-refractivity contribution in [3.8, 4) is 0 Å². The lowest BCUT2D eigenvalue weighted by molar-refractivity contribution is 0.572. The van der Waals surface area contributed by atoms with Gasteiger partial charge in [-0.25, -0.2) is 14.4 Å². The maximum absolute atomic E-state index is 14.7. The number of benzene rings is 1. The molecular weight excluding hydrogens is 339 g/mol. The fraction of sp³-hybridized carbons (Fsp3) is 0.273. The summed E-state index contributed by atoms with van der Waals surface area (Å²) in [6.45, 7) is 11.6. The number of halogens is 1. The summed E-state index contributed by atoms with van der Waals surface area (Å²) in [7, 11) is 0. The second kappa shape index (κ2) is 10.3. The summed E-state index contributed by atoms with van der Waals surface area (Å²) in [5.41, 5.74) is 3.20. The molecule has 2 aromatic rings. The van der Waals surface area contributed by atoms with Gasteiger partial charge in [0.15, 0.2) is 0 Å². The van der Waals surface area contributed by atoms with Crippen LogP contribution in [0.1, 0.15) is 48.2 Å². The van der Waals surface area contributed by atoms with Crippen LogP contribution in [0.25, 0.3) is 6.08 Å². The van der Waals surface area contributed by atoms with E-state index >= 15 is 0 Å². The van der Waals surface area contributed by atoms with Gasteiger partial charge in [-0.1, -0.05) is 25.6 Å². The van der Waals surface area contributed by atoms with E-state index in [0.29, 0.717) is 24.4 Å². The molecule has 0 spiro atoms. The lowest BCUT2D eigenvalue weighted by Gasteiger charge is -2.19. The zero-order valence-electron chi connectivity index (χ0n) is 15.9. The molecule has 0 radical (unpaired) electrons. The minimum absolute atomic E-state index is 0.0245. The molecule has 2 rings (SSSR count). The molecule has 4 nitrogen and oxygen atoms in total. The number of nitrogens with zero attached hydrogens (tertiary/aromatic N) is 4. The molecule has 140 valence electrons. The van der Waals surface area contributed by atoms with Gasteiger partial charge in [0.2, 0.25) is 0 Å². The zero-order chi connectivity index (χ0) is 19.6. The van der Waals surface area contributed by atoms with Crippen molar-refractivity contribution in [1.29, 1.82) is 0 Å². The molecule has 0 fully saturated rings. The monoisotopic (exact) mass is 364 g/mol. The van der Waals surface area contributed by atoms with Gasteiger partial charge in [0.25, 0.3) is 0 Å². The minimum Gasteiger partial charge on any atom is -0.282 e. The average Bonchev–Trinajstić information content (AvgIpc) is 2.68. The van der Waals surface area contributed by atoms with E-state index in [1.807, 2.05) is 19.9 Å². The van der Waals surface area contributed by atoms with Crippen molar-refractivity contribution in [3.63, 3.8) is 0 Å². The standard InChI is InChI=1S/C22H25FN4/c1-5-17-12-16(3)13-20(23)22(17)18(6-2)14-19(8-11-24-4)27-15-21-25-9-7-10-26-21/h5,7-13,18H,1,4,6,14-15H2,2-3H3/b11-8-,27-19?. The topological polar surface area (TPSA) is 50.5 Å². The maximum Gasteiger partial charge on any atom is 0.149 e. The van der Waals surface area contributed by atoms with Gasteiger partial charge in [-0.05, 0) is 67.3 Å². The first-order chi connectivity index (χ1) is 13.1. The smallest absolute Gasteiger partial charge is 0.149 e. The van der Waals surface area contributed by atoms with Gasteiger partial charge in [0.05, 0.1) is 6.54 Å². The number of aliphatic imine (C=N–C) groups is 2. The van der Waals surface area contributed by atoms with E-state index in [1.165, 1.54) is 0 Å². The molecule has 0 amide bonds. The fourth-order valence-corrected chi connectivity index (χ4v) is 2.99. The third-order valence-corrected chi connectivity index (χ3v) is 4.30. The van der Waals surface area contributed by atoms with Gasteiger partial charge in [-0.2, -0.15) is 0 Å². The van der Waals surface area contributed by atoms with Gasteiger partial charge in [0, 0.05) is 24.3 Å². The number of aromatic nitrogens is 2. The third-order valence-electron chi connectivity index (χ3n) is 4.30. The van der Waals surface area contributed by atoms with Crippen molar-refractivity contribution in [2.45, 2.75) is 39.2 Å². The molecule has 0 saturated carbocycles. The van der Waals surface area contributed by atoms with E-state index in [0.717, 1.165) is 23.3 Å². The Morgan fingerprint density at radius 3 is 2.67 bits per heavy atom. The molecule has 0 saturated heterocycles. The van der Waals surface area contributed by atoms with Crippen LogP contribution < -0.4 is 0 Å². The van der Waals surface area contributed by atoms with Crippen molar-refractivity contribution < 1.29 is 4.39 Å². The van der Waals surface area contributed by atoms with Crippen LogP contribution in [0.5, 0.6) is 0 Å². The van der Waals surface area contributed by atoms with Crippen molar-refractivity contribution in [2.24, 2.45) is 9.98 Å². The molecule has 0 aliphatic carbocycles. The van der Waals surface area contributed by atoms with Gasteiger partial charge in [-0.15, -0.1) is 0 Å². The fourth-order valence-electron chi connectivity index (χ4n) is 2.99. The SMILES string of the molecule is C=Cc1cc(C)cc(F)c1C(CC)CC(/C=C\N=C)=NCc1ncccn1. The first kappa shape index (κ1) is 20.4. The number of hydrogen-bond donors (Lipinski definition) is 0. The first-order valence-corrected chi connectivity index (χ1v) is 8.93. The number of rotatable bonds is 9. The Kier molecular flexibility index (Phi) is 7.74. The molecule has 5 heteroatoms. The van der Waals surface area contributed by atoms with Crippen LogP contribution >= 0.6 is 0 Å². The molecule has 0 bridgehead atoms. The van der Waals surface area contributed by atoms with E-state index in [1.54, 1.807) is 42.9 Å². The number of allylic oxidation sites excluding steroid dienone is 1. The van der Waals surface area contributed by atoms with E-state index in [4.69, 9.17) is 0 Å². The second-order valence-corrected chi connectivity index (χ2v) is 6.23. The van der Waals surface area contributed by atoms with E-state index in [9.17, 15) is 4.39 Å². The van der Waals surface area contributed by atoms with E-state index < -0.39 is 0 Å². The molecule has 0 aliphatic rings. The van der Waals surface area contributed by atoms with Crippen LogP contribution in [-0.2, 0) is 6.54 Å². The Hall–Kier alpha value is -2.95. The zero-order valence-corrected chi connectivity index (χ0v) is 15.9. The second-order valence-electron chi connectivity index (χ2n) is 6.23. The molecule has 27 heavy (non-hydrogen) atoms. The number of aryl methyl sites for hydroxylation is 1. The van der Waals surface area contributed by atoms with Gasteiger partial charge >= 0.3 is 0 Å². The molecule has 0 N–H and O–H groups in total. The number of hydrogen-bond acceptors (Lipinski definition) is 4. The quantitative estimate of drug-likeness (QED) is 0.566. The molecule has 1 atom stereocenters. The predicted octanol–water partition coefficient (Wildman–Crippen LogP) is 5.31.